The van der Waals surface area contributed by atoms with Crippen molar-refractivity contribution < 1.29 is 14.3 Å². The van der Waals surface area contributed by atoms with Crippen molar-refractivity contribution >= 4 is 22.6 Å². The average Bonchev–Trinajstić information content (AvgIpc) is 2.71. The third-order valence-corrected chi connectivity index (χ3v) is 4.23. The van der Waals surface area contributed by atoms with Crippen LogP contribution in [0.15, 0.2) is 60.7 Å². The first-order valence-corrected chi connectivity index (χ1v) is 8.52. The van der Waals surface area contributed by atoms with Crippen LogP contribution in [0.25, 0.3) is 10.8 Å². The van der Waals surface area contributed by atoms with E-state index in [0.29, 0.717) is 11.4 Å². The van der Waals surface area contributed by atoms with Crippen molar-refractivity contribution in [3.63, 3.8) is 0 Å². The molecule has 0 spiro atoms. The summed E-state index contributed by atoms with van der Waals surface area (Å²) in [5.41, 5.74) is 0.898. The maximum Gasteiger partial charge on any atom is 0.270 e. The Balaban J connectivity index is 1.96. The smallest absolute Gasteiger partial charge is 0.270 e. The van der Waals surface area contributed by atoms with Gasteiger partial charge in [0.2, 0.25) is 11.8 Å². The van der Waals surface area contributed by atoms with Gasteiger partial charge in [-0.15, -0.1) is 0 Å². The molecule has 6 nitrogen and oxygen atoms in total. The monoisotopic (exact) mass is 363 g/mol. The highest BCUT2D eigenvalue weighted by atomic mass is 16.5. The Bertz CT molecular complexity index is 971. The van der Waals surface area contributed by atoms with Gasteiger partial charge in [-0.2, -0.15) is 0 Å². The normalized spacial score (nSPS) is 11.7. The molecule has 27 heavy (non-hydrogen) atoms. The molecule has 2 aromatic carbocycles. The van der Waals surface area contributed by atoms with E-state index in [1.54, 1.807) is 32.3 Å². The zero-order chi connectivity index (χ0) is 19.4. The quantitative estimate of drug-likeness (QED) is 0.757. The first kappa shape index (κ1) is 18.4. The molecule has 0 aliphatic carbocycles. The molecule has 0 unspecified atom stereocenters. The second-order valence-electron chi connectivity index (χ2n) is 6.29. The van der Waals surface area contributed by atoms with Crippen LogP contribution in [-0.2, 0) is 4.79 Å². The largest absolute Gasteiger partial charge is 0.481 e. The number of benzene rings is 2. The van der Waals surface area contributed by atoms with E-state index in [1.165, 1.54) is 12.0 Å². The maximum atomic E-state index is 12.9. The summed E-state index contributed by atoms with van der Waals surface area (Å²) in [6.45, 7) is 0. The number of nitrogens with one attached hydrogen (secondary N) is 1. The van der Waals surface area contributed by atoms with E-state index in [4.69, 9.17) is 4.74 Å². The molecule has 0 saturated carbocycles. The number of nitrogens with zero attached hydrogens (tertiary/aromatic N) is 2. The molecule has 0 bridgehead atoms. The molecule has 3 rings (SSSR count). The lowest BCUT2D eigenvalue weighted by Gasteiger charge is -2.22. The van der Waals surface area contributed by atoms with E-state index in [0.717, 1.165) is 10.8 Å². The van der Waals surface area contributed by atoms with Crippen molar-refractivity contribution in [2.45, 2.75) is 6.04 Å². The summed E-state index contributed by atoms with van der Waals surface area (Å²) < 4.78 is 5.33. The van der Waals surface area contributed by atoms with Crippen LogP contribution >= 0.6 is 0 Å². The fourth-order valence-corrected chi connectivity index (χ4v) is 2.84. The predicted octanol–water partition coefficient (Wildman–Crippen LogP) is 2.80. The Kier molecular flexibility index (Phi) is 5.35. The zero-order valence-electron chi connectivity index (χ0n) is 15.5. The van der Waals surface area contributed by atoms with Gasteiger partial charge >= 0.3 is 0 Å². The van der Waals surface area contributed by atoms with Crippen LogP contribution < -0.4 is 10.1 Å². The van der Waals surface area contributed by atoms with E-state index < -0.39 is 11.9 Å². The van der Waals surface area contributed by atoms with Crippen LogP contribution in [0.5, 0.6) is 5.88 Å². The van der Waals surface area contributed by atoms with Gasteiger partial charge in [-0.3, -0.25) is 9.59 Å². The van der Waals surface area contributed by atoms with Crippen LogP contribution in [-0.4, -0.2) is 42.9 Å². The van der Waals surface area contributed by atoms with Crippen molar-refractivity contribution in [3.8, 4) is 5.88 Å². The third kappa shape index (κ3) is 3.89. The highest BCUT2D eigenvalue weighted by Crippen LogP contribution is 2.24. The summed E-state index contributed by atoms with van der Waals surface area (Å²) in [6.07, 6.45) is 0. The van der Waals surface area contributed by atoms with Crippen molar-refractivity contribution in [1.29, 1.82) is 0 Å². The standard InChI is InChI=1S/C21H21N3O3/c1-24(2)21(26)18(14-9-5-4-6-10-14)23-19(25)17-13-15-11-7-8-12-16(15)20(22-17)27-3/h4-13,18H,1-3H3,(H,23,25)/t18-/m0/s1. The minimum Gasteiger partial charge on any atom is -0.481 e. The Morgan fingerprint density at radius 2 is 1.70 bits per heavy atom. The van der Waals surface area contributed by atoms with Crippen molar-refractivity contribution in [2.75, 3.05) is 21.2 Å². The lowest BCUT2D eigenvalue weighted by Crippen LogP contribution is -2.40. The summed E-state index contributed by atoms with van der Waals surface area (Å²) in [5, 5.41) is 4.46. The number of aromatic nitrogens is 1. The van der Waals surface area contributed by atoms with Crippen molar-refractivity contribution in [2.24, 2.45) is 0 Å². The van der Waals surface area contributed by atoms with Crippen LogP contribution in [0.4, 0.5) is 0 Å². The summed E-state index contributed by atoms with van der Waals surface area (Å²) in [7, 11) is 4.82. The molecule has 2 amide bonds. The average molecular weight is 363 g/mol. The molecular formula is C21H21N3O3. The second kappa shape index (κ2) is 7.86. The second-order valence-corrected chi connectivity index (χ2v) is 6.29. The van der Waals surface area contributed by atoms with Crippen LogP contribution in [0.2, 0.25) is 0 Å². The Morgan fingerprint density at radius 3 is 2.37 bits per heavy atom. The Hall–Kier alpha value is -3.41. The number of hydrogen-bond acceptors (Lipinski definition) is 4. The van der Waals surface area contributed by atoms with Crippen molar-refractivity contribution in [3.05, 3.63) is 71.9 Å². The minimum absolute atomic E-state index is 0.193. The minimum atomic E-state index is -0.798. The summed E-state index contributed by atoms with van der Waals surface area (Å²) in [6, 6.07) is 17.5. The number of carbonyl (C=O) groups is 2. The van der Waals surface area contributed by atoms with Gasteiger partial charge in [0.1, 0.15) is 11.7 Å². The molecule has 3 aromatic rings. The molecule has 0 saturated heterocycles. The Labute approximate surface area is 157 Å². The summed E-state index contributed by atoms with van der Waals surface area (Å²) in [4.78, 5) is 31.2. The topological polar surface area (TPSA) is 71.5 Å². The first-order valence-electron chi connectivity index (χ1n) is 8.52. The number of methoxy groups -OCH3 is 1. The summed E-state index contributed by atoms with van der Waals surface area (Å²) in [5.74, 6) is -0.293. The molecule has 138 valence electrons. The number of rotatable bonds is 5. The van der Waals surface area contributed by atoms with Gasteiger partial charge in [0.15, 0.2) is 0 Å². The third-order valence-electron chi connectivity index (χ3n) is 4.23. The fourth-order valence-electron chi connectivity index (χ4n) is 2.84. The van der Waals surface area contributed by atoms with E-state index >= 15 is 0 Å². The van der Waals surface area contributed by atoms with Gasteiger partial charge in [0, 0.05) is 19.5 Å². The number of amides is 2. The van der Waals surface area contributed by atoms with E-state index in [1.807, 2.05) is 42.5 Å². The summed E-state index contributed by atoms with van der Waals surface area (Å²) >= 11 is 0. The van der Waals surface area contributed by atoms with Gasteiger partial charge in [0.25, 0.3) is 5.91 Å². The zero-order valence-corrected chi connectivity index (χ0v) is 15.5. The molecule has 1 atom stereocenters. The number of carbonyl (C=O) groups excluding carboxylic acids is 2. The molecule has 0 radical (unpaired) electrons. The highest BCUT2D eigenvalue weighted by Gasteiger charge is 2.25. The fraction of sp³-hybridized carbons (Fsp3) is 0.190. The van der Waals surface area contributed by atoms with Gasteiger partial charge in [-0.05, 0) is 23.1 Å². The number of ether oxygens (including phenoxy) is 1. The highest BCUT2D eigenvalue weighted by molar-refractivity contribution is 6.00. The Morgan fingerprint density at radius 1 is 1.04 bits per heavy atom. The van der Waals surface area contributed by atoms with Gasteiger partial charge < -0.3 is 15.0 Å². The lowest BCUT2D eigenvalue weighted by molar-refractivity contribution is -0.130. The molecule has 6 heteroatoms. The first-order chi connectivity index (χ1) is 13.0. The molecule has 0 aliphatic rings. The van der Waals surface area contributed by atoms with Gasteiger partial charge in [-0.1, -0.05) is 48.5 Å². The number of pyridine rings is 1. The SMILES string of the molecule is COc1nc(C(=O)N[C@H](C(=O)N(C)C)c2ccccc2)cc2ccccc12. The van der Waals surface area contributed by atoms with Gasteiger partial charge in [-0.25, -0.2) is 4.98 Å². The molecule has 1 aromatic heterocycles. The van der Waals surface area contributed by atoms with Crippen LogP contribution in [0.1, 0.15) is 22.1 Å². The lowest BCUT2D eigenvalue weighted by atomic mass is 10.1. The number of fused-ring (bicyclic) bond motifs is 1. The van der Waals surface area contributed by atoms with Gasteiger partial charge in [0.05, 0.1) is 7.11 Å². The molecule has 1 N–H and O–H groups in total. The van der Waals surface area contributed by atoms with E-state index in [2.05, 4.69) is 10.3 Å². The molecular weight excluding hydrogens is 342 g/mol. The predicted molar refractivity (Wildman–Crippen MR) is 104 cm³/mol. The number of likely N-dealkylation sites (N-methyl/N-ethyl adjacent to an activating group) is 1. The maximum absolute atomic E-state index is 12.9. The molecule has 1 heterocycles. The van der Waals surface area contributed by atoms with E-state index in [9.17, 15) is 9.59 Å². The van der Waals surface area contributed by atoms with E-state index in [-0.39, 0.29) is 11.6 Å². The number of hydrogen-bond donors (Lipinski definition) is 1. The molecule has 0 fully saturated rings. The van der Waals surface area contributed by atoms with Crippen LogP contribution in [0, 0.1) is 0 Å². The van der Waals surface area contributed by atoms with Crippen molar-refractivity contribution in [1.82, 2.24) is 15.2 Å². The van der Waals surface area contributed by atoms with Crippen LogP contribution in [0.3, 0.4) is 0 Å². The molecule has 0 aliphatic heterocycles.